The Morgan fingerprint density at radius 3 is 2.80 bits per heavy atom. The summed E-state index contributed by atoms with van der Waals surface area (Å²) in [4.78, 5) is 21.2. The number of hydrogen-bond donors (Lipinski definition) is 3. The van der Waals surface area contributed by atoms with Crippen molar-refractivity contribution >= 4 is 22.6 Å². The van der Waals surface area contributed by atoms with Crippen LogP contribution in [0.4, 0.5) is 5.82 Å². The fourth-order valence-corrected chi connectivity index (χ4v) is 2.66. The van der Waals surface area contributed by atoms with Crippen LogP contribution < -0.4 is 10.6 Å². The Morgan fingerprint density at radius 1 is 1.20 bits per heavy atom. The third kappa shape index (κ3) is 4.12. The maximum absolute atomic E-state index is 12.6. The Hall–Kier alpha value is -2.96. The van der Waals surface area contributed by atoms with Crippen LogP contribution >= 0.6 is 0 Å². The van der Waals surface area contributed by atoms with E-state index in [4.69, 9.17) is 0 Å². The molecule has 0 fully saturated rings. The lowest BCUT2D eigenvalue weighted by Crippen LogP contribution is -2.43. The van der Waals surface area contributed by atoms with Gasteiger partial charge in [-0.2, -0.15) is 5.10 Å². The summed E-state index contributed by atoms with van der Waals surface area (Å²) >= 11 is 0. The van der Waals surface area contributed by atoms with Crippen molar-refractivity contribution in [3.8, 4) is 0 Å². The molecule has 3 rings (SSSR count). The molecule has 0 spiro atoms. The highest BCUT2D eigenvalue weighted by atomic mass is 16.2. The molecule has 25 heavy (non-hydrogen) atoms. The molecule has 3 aromatic rings. The Bertz CT molecular complexity index is 825. The average Bonchev–Trinajstić information content (AvgIpc) is 3.12. The van der Waals surface area contributed by atoms with Gasteiger partial charge >= 0.3 is 0 Å². The molecular weight excluding hydrogens is 316 g/mol. The van der Waals surface area contributed by atoms with Gasteiger partial charge < -0.3 is 10.6 Å². The van der Waals surface area contributed by atoms with Gasteiger partial charge in [0.2, 0.25) is 5.91 Å². The summed E-state index contributed by atoms with van der Waals surface area (Å²) in [5, 5.41) is 14.0. The number of benzene rings is 1. The zero-order valence-corrected chi connectivity index (χ0v) is 14.4. The van der Waals surface area contributed by atoms with Crippen molar-refractivity contribution < 1.29 is 4.79 Å². The molecule has 1 atom stereocenters. The first-order chi connectivity index (χ1) is 12.1. The van der Waals surface area contributed by atoms with Crippen molar-refractivity contribution in [3.05, 3.63) is 48.5 Å². The van der Waals surface area contributed by atoms with Crippen molar-refractivity contribution in [3.63, 3.8) is 0 Å². The number of fused-ring (bicyclic) bond motifs is 1. The van der Waals surface area contributed by atoms with Gasteiger partial charge in [-0.3, -0.25) is 9.89 Å². The van der Waals surface area contributed by atoms with Gasteiger partial charge in [0.15, 0.2) is 0 Å². The first-order valence-corrected chi connectivity index (χ1v) is 8.37. The number of carbonyl (C=O) groups is 1. The molecule has 2 heterocycles. The molecule has 0 bridgehead atoms. The molecule has 7 heteroatoms. The predicted octanol–water partition coefficient (Wildman–Crippen LogP) is 2.15. The lowest BCUT2D eigenvalue weighted by atomic mass is 10.0. The van der Waals surface area contributed by atoms with E-state index in [1.807, 2.05) is 44.2 Å². The fourth-order valence-electron chi connectivity index (χ4n) is 2.66. The summed E-state index contributed by atoms with van der Waals surface area (Å²) in [6.45, 7) is 4.57. The highest BCUT2D eigenvalue weighted by Gasteiger charge is 2.23. The van der Waals surface area contributed by atoms with Gasteiger partial charge in [0.05, 0.1) is 5.52 Å². The summed E-state index contributed by atoms with van der Waals surface area (Å²) < 4.78 is 0. The highest BCUT2D eigenvalue weighted by Crippen LogP contribution is 2.20. The van der Waals surface area contributed by atoms with Crippen LogP contribution in [0.1, 0.15) is 19.5 Å². The predicted molar refractivity (Wildman–Crippen MR) is 97.1 cm³/mol. The molecule has 1 aromatic carbocycles. The van der Waals surface area contributed by atoms with Crippen molar-refractivity contribution in [1.29, 1.82) is 0 Å². The lowest BCUT2D eigenvalue weighted by molar-refractivity contribution is -0.122. The first kappa shape index (κ1) is 16.9. The molecule has 2 aromatic heterocycles. The van der Waals surface area contributed by atoms with Crippen LogP contribution in [0.3, 0.4) is 0 Å². The number of aromatic nitrogens is 4. The Balaban J connectivity index is 1.68. The SMILES string of the molecule is CC(C)[C@@H](Nc1ncnc2ccccc12)C(=O)NCCc1ccn[nH]1. The van der Waals surface area contributed by atoms with Crippen LogP contribution in [0.2, 0.25) is 0 Å². The number of anilines is 1. The summed E-state index contributed by atoms with van der Waals surface area (Å²) in [5.41, 5.74) is 1.85. The number of H-pyrrole nitrogens is 1. The fraction of sp³-hybridized carbons (Fsp3) is 0.333. The number of aromatic amines is 1. The number of amides is 1. The van der Waals surface area contributed by atoms with Crippen LogP contribution in [0.25, 0.3) is 10.9 Å². The molecule has 3 N–H and O–H groups in total. The minimum Gasteiger partial charge on any atom is -0.358 e. The quantitative estimate of drug-likeness (QED) is 0.613. The van der Waals surface area contributed by atoms with E-state index < -0.39 is 0 Å². The Kier molecular flexibility index (Phi) is 5.23. The monoisotopic (exact) mass is 338 g/mol. The molecule has 0 radical (unpaired) electrons. The van der Waals surface area contributed by atoms with Crippen LogP contribution in [-0.4, -0.2) is 38.7 Å². The second kappa shape index (κ2) is 7.74. The molecule has 0 saturated carbocycles. The normalized spacial score (nSPS) is 12.3. The average molecular weight is 338 g/mol. The maximum Gasteiger partial charge on any atom is 0.242 e. The number of hydrogen-bond acceptors (Lipinski definition) is 5. The summed E-state index contributed by atoms with van der Waals surface area (Å²) in [6.07, 6.45) is 3.93. The van der Waals surface area contributed by atoms with E-state index in [9.17, 15) is 4.79 Å². The third-order valence-electron chi connectivity index (χ3n) is 4.04. The molecular formula is C18H22N6O. The standard InChI is InChI=1S/C18H22N6O/c1-12(2)16(18(25)19-9-7-13-8-10-22-24-13)23-17-14-5-3-4-6-15(14)20-11-21-17/h3-6,8,10-12,16H,7,9H2,1-2H3,(H,19,25)(H,22,24)(H,20,21,23)/t16-/m1/s1. The zero-order valence-electron chi connectivity index (χ0n) is 14.4. The largest absolute Gasteiger partial charge is 0.358 e. The minimum absolute atomic E-state index is 0.0443. The van der Waals surface area contributed by atoms with Crippen LogP contribution in [0.15, 0.2) is 42.9 Å². The molecule has 7 nitrogen and oxygen atoms in total. The van der Waals surface area contributed by atoms with Crippen molar-refractivity contribution in [2.24, 2.45) is 5.92 Å². The molecule has 0 aliphatic rings. The minimum atomic E-state index is -0.375. The molecule has 1 amide bonds. The first-order valence-electron chi connectivity index (χ1n) is 8.37. The lowest BCUT2D eigenvalue weighted by Gasteiger charge is -2.22. The van der Waals surface area contributed by atoms with Gasteiger partial charge in [0.1, 0.15) is 18.2 Å². The molecule has 130 valence electrons. The van der Waals surface area contributed by atoms with Gasteiger partial charge in [0, 0.05) is 30.2 Å². The number of rotatable bonds is 7. The number of nitrogens with one attached hydrogen (secondary N) is 3. The Morgan fingerprint density at radius 2 is 2.04 bits per heavy atom. The van der Waals surface area contributed by atoms with Gasteiger partial charge in [0.25, 0.3) is 0 Å². The van der Waals surface area contributed by atoms with Gasteiger partial charge in [-0.1, -0.05) is 26.0 Å². The van der Waals surface area contributed by atoms with Crippen molar-refractivity contribution in [2.75, 3.05) is 11.9 Å². The number of carbonyl (C=O) groups excluding carboxylic acids is 1. The summed E-state index contributed by atoms with van der Waals surface area (Å²) in [5.74, 6) is 0.742. The van der Waals surface area contributed by atoms with E-state index in [0.717, 1.165) is 16.6 Å². The topological polar surface area (TPSA) is 95.6 Å². The Labute approximate surface area is 146 Å². The number of para-hydroxylation sites is 1. The van der Waals surface area contributed by atoms with E-state index in [0.29, 0.717) is 18.8 Å². The van der Waals surface area contributed by atoms with Crippen LogP contribution in [0.5, 0.6) is 0 Å². The van der Waals surface area contributed by atoms with E-state index in [-0.39, 0.29) is 17.9 Å². The molecule has 0 saturated heterocycles. The summed E-state index contributed by atoms with van der Waals surface area (Å²) in [6, 6.07) is 9.27. The zero-order chi connectivity index (χ0) is 17.6. The van der Waals surface area contributed by atoms with Crippen LogP contribution in [0, 0.1) is 5.92 Å². The van der Waals surface area contributed by atoms with Gasteiger partial charge in [-0.25, -0.2) is 9.97 Å². The van der Waals surface area contributed by atoms with Crippen molar-refractivity contribution in [2.45, 2.75) is 26.3 Å². The second-order valence-electron chi connectivity index (χ2n) is 6.23. The summed E-state index contributed by atoms with van der Waals surface area (Å²) in [7, 11) is 0. The highest BCUT2D eigenvalue weighted by molar-refractivity contribution is 5.92. The smallest absolute Gasteiger partial charge is 0.242 e. The maximum atomic E-state index is 12.6. The van der Waals surface area contributed by atoms with E-state index >= 15 is 0 Å². The van der Waals surface area contributed by atoms with E-state index in [1.165, 1.54) is 6.33 Å². The van der Waals surface area contributed by atoms with Gasteiger partial charge in [-0.15, -0.1) is 0 Å². The van der Waals surface area contributed by atoms with E-state index in [2.05, 4.69) is 30.8 Å². The third-order valence-corrected chi connectivity index (χ3v) is 4.04. The van der Waals surface area contributed by atoms with Gasteiger partial charge in [-0.05, 0) is 24.1 Å². The molecule has 0 unspecified atom stereocenters. The van der Waals surface area contributed by atoms with E-state index in [1.54, 1.807) is 6.20 Å². The van der Waals surface area contributed by atoms with Crippen LogP contribution in [-0.2, 0) is 11.2 Å². The second-order valence-corrected chi connectivity index (χ2v) is 6.23. The van der Waals surface area contributed by atoms with Crippen molar-refractivity contribution in [1.82, 2.24) is 25.5 Å². The molecule has 0 aliphatic carbocycles. The molecule has 0 aliphatic heterocycles. The number of nitrogens with zero attached hydrogens (tertiary/aromatic N) is 3.